The first-order valence-electron chi connectivity index (χ1n) is 12.7. The first-order chi connectivity index (χ1) is 17.6. The van der Waals surface area contributed by atoms with E-state index in [2.05, 4.69) is 21.8 Å². The van der Waals surface area contributed by atoms with Crippen molar-refractivity contribution >= 4 is 38.6 Å². The van der Waals surface area contributed by atoms with E-state index < -0.39 is 10.0 Å². The van der Waals surface area contributed by atoms with E-state index >= 15 is 0 Å². The highest BCUT2D eigenvalue weighted by Gasteiger charge is 2.32. The third kappa shape index (κ3) is 5.37. The van der Waals surface area contributed by atoms with Gasteiger partial charge in [0.15, 0.2) is 0 Å². The summed E-state index contributed by atoms with van der Waals surface area (Å²) in [7, 11) is -3.18. The lowest BCUT2D eigenvalue weighted by atomic mass is 9.91. The van der Waals surface area contributed by atoms with E-state index in [4.69, 9.17) is 0 Å². The van der Waals surface area contributed by atoms with Crippen LogP contribution in [0.2, 0.25) is 0 Å². The Morgan fingerprint density at radius 2 is 1.89 bits per heavy atom. The van der Waals surface area contributed by atoms with Gasteiger partial charge in [-0.3, -0.25) is 9.59 Å². The predicted molar refractivity (Wildman–Crippen MR) is 150 cm³/mol. The van der Waals surface area contributed by atoms with E-state index in [0.29, 0.717) is 30.1 Å². The van der Waals surface area contributed by atoms with Crippen molar-refractivity contribution in [2.75, 3.05) is 25.1 Å². The number of thioether (sulfide) groups is 1. The summed E-state index contributed by atoms with van der Waals surface area (Å²) in [6.45, 7) is 8.85. The molecule has 0 bridgehead atoms. The Kier molecular flexibility index (Phi) is 8.20. The van der Waals surface area contributed by atoms with Crippen LogP contribution in [0.25, 0.3) is 10.9 Å². The Labute approximate surface area is 222 Å². The highest BCUT2D eigenvalue weighted by molar-refractivity contribution is 7.98. The third-order valence-electron chi connectivity index (χ3n) is 7.60. The van der Waals surface area contributed by atoms with Gasteiger partial charge in [-0.25, -0.2) is 12.7 Å². The van der Waals surface area contributed by atoms with Crippen LogP contribution in [0.5, 0.6) is 0 Å². The number of aromatic nitrogens is 2. The smallest absolute Gasteiger partial charge is 0.254 e. The molecule has 4 rings (SSSR count). The van der Waals surface area contributed by atoms with Gasteiger partial charge in [0.25, 0.3) is 11.5 Å². The van der Waals surface area contributed by atoms with Crippen LogP contribution in [0.1, 0.15) is 60.0 Å². The van der Waals surface area contributed by atoms with Crippen molar-refractivity contribution in [3.05, 3.63) is 63.2 Å². The van der Waals surface area contributed by atoms with Gasteiger partial charge in [-0.2, -0.15) is 0 Å². The molecule has 1 unspecified atom stereocenters. The fourth-order valence-corrected chi connectivity index (χ4v) is 7.36. The largest absolute Gasteiger partial charge is 0.348 e. The molecule has 0 spiro atoms. The molecule has 8 nitrogen and oxygen atoms in total. The molecule has 3 heterocycles. The molecule has 1 amide bonds. The molecule has 1 atom stereocenters. The summed E-state index contributed by atoms with van der Waals surface area (Å²) in [5, 5.41) is 3.86. The molecule has 1 fully saturated rings. The van der Waals surface area contributed by atoms with Gasteiger partial charge in [-0.15, -0.1) is 11.8 Å². The minimum absolute atomic E-state index is 0.0981. The number of nitrogens with one attached hydrogen (secondary N) is 2. The number of aromatic amines is 1. The Morgan fingerprint density at radius 3 is 2.54 bits per heavy atom. The van der Waals surface area contributed by atoms with Crippen molar-refractivity contribution in [3.63, 3.8) is 0 Å². The molecule has 10 heteroatoms. The Balaban J connectivity index is 1.61. The number of fused-ring (bicyclic) bond motifs is 1. The van der Waals surface area contributed by atoms with Crippen LogP contribution in [-0.2, 0) is 16.6 Å². The Bertz CT molecular complexity index is 1470. The maximum absolute atomic E-state index is 13.5. The first-order valence-corrected chi connectivity index (χ1v) is 15.5. The second-order valence-electron chi connectivity index (χ2n) is 9.74. The molecule has 0 radical (unpaired) electrons. The fraction of sp³-hybridized carbons (Fsp3) is 0.481. The number of benzene rings is 1. The minimum atomic E-state index is -3.18. The zero-order chi connectivity index (χ0) is 26.9. The van der Waals surface area contributed by atoms with Crippen LogP contribution >= 0.6 is 11.8 Å². The number of para-hydroxylation sites is 1. The average Bonchev–Trinajstić information content (AvgIpc) is 3.18. The molecule has 1 aliphatic rings. The number of carbonyl (C=O) groups is 1. The zero-order valence-electron chi connectivity index (χ0n) is 22.1. The van der Waals surface area contributed by atoms with Crippen LogP contribution in [0.4, 0.5) is 0 Å². The summed E-state index contributed by atoms with van der Waals surface area (Å²) in [5.41, 5.74) is 3.62. The van der Waals surface area contributed by atoms with Gasteiger partial charge in [0.1, 0.15) is 0 Å². The Hall–Kier alpha value is -2.56. The lowest BCUT2D eigenvalue weighted by molar-refractivity contribution is 0.0951. The molecule has 200 valence electrons. The number of H-pyrrole nitrogens is 1. The summed E-state index contributed by atoms with van der Waals surface area (Å²) < 4.78 is 28.4. The molecule has 0 aliphatic carbocycles. The molecular formula is C27H36N4O4S2. The van der Waals surface area contributed by atoms with Crippen LogP contribution in [0.3, 0.4) is 0 Å². The number of amides is 1. The zero-order valence-corrected chi connectivity index (χ0v) is 23.8. The molecule has 2 aromatic heterocycles. The van der Waals surface area contributed by atoms with E-state index in [1.807, 2.05) is 50.4 Å². The third-order valence-corrected chi connectivity index (χ3v) is 10.3. The molecule has 2 N–H and O–H groups in total. The number of sulfonamides is 1. The summed E-state index contributed by atoms with van der Waals surface area (Å²) in [6.07, 6.45) is 3.48. The molecular weight excluding hydrogens is 508 g/mol. The molecule has 1 aromatic carbocycles. The van der Waals surface area contributed by atoms with Crippen LogP contribution in [-0.4, -0.2) is 53.3 Å². The highest BCUT2D eigenvalue weighted by atomic mass is 32.2. The van der Waals surface area contributed by atoms with E-state index in [1.165, 1.54) is 11.8 Å². The van der Waals surface area contributed by atoms with Crippen LogP contribution in [0, 0.1) is 19.8 Å². The first kappa shape index (κ1) is 27.5. The van der Waals surface area contributed by atoms with Crippen molar-refractivity contribution < 1.29 is 13.2 Å². The normalized spacial score (nSPS) is 16.2. The monoisotopic (exact) mass is 544 g/mol. The molecule has 1 saturated heterocycles. The van der Waals surface area contributed by atoms with E-state index in [1.54, 1.807) is 11.2 Å². The second kappa shape index (κ2) is 11.0. The SMILES string of the molecule is CCS(=O)(=O)N1CCC(C(C)n2c(C)c(C(=O)NCc3c(SC)cc(C)[nH]c3=O)c3ccccc32)CC1. The van der Waals surface area contributed by atoms with Crippen molar-refractivity contribution in [1.29, 1.82) is 0 Å². The predicted octanol–water partition coefficient (Wildman–Crippen LogP) is 4.22. The molecule has 3 aromatic rings. The fourth-order valence-electron chi connectivity index (χ4n) is 5.53. The van der Waals surface area contributed by atoms with E-state index in [9.17, 15) is 18.0 Å². The maximum atomic E-state index is 13.5. The van der Waals surface area contributed by atoms with Gasteiger partial charge >= 0.3 is 0 Å². The number of hydrogen-bond acceptors (Lipinski definition) is 5. The van der Waals surface area contributed by atoms with E-state index in [0.717, 1.165) is 40.0 Å². The van der Waals surface area contributed by atoms with Crippen molar-refractivity contribution in [1.82, 2.24) is 19.2 Å². The van der Waals surface area contributed by atoms with Gasteiger partial charge in [0, 0.05) is 58.4 Å². The number of carbonyl (C=O) groups excluding carboxylic acids is 1. The second-order valence-corrected chi connectivity index (χ2v) is 12.8. The summed E-state index contributed by atoms with van der Waals surface area (Å²) in [4.78, 5) is 29.7. The van der Waals surface area contributed by atoms with Crippen molar-refractivity contribution in [2.45, 2.75) is 58.0 Å². The van der Waals surface area contributed by atoms with Gasteiger partial charge < -0.3 is 14.9 Å². The Morgan fingerprint density at radius 1 is 1.22 bits per heavy atom. The van der Waals surface area contributed by atoms with Gasteiger partial charge in [0.05, 0.1) is 11.3 Å². The highest BCUT2D eigenvalue weighted by Crippen LogP contribution is 2.36. The molecule has 37 heavy (non-hydrogen) atoms. The summed E-state index contributed by atoms with van der Waals surface area (Å²) >= 11 is 1.49. The van der Waals surface area contributed by atoms with Gasteiger partial charge in [0.2, 0.25) is 10.0 Å². The average molecular weight is 545 g/mol. The summed E-state index contributed by atoms with van der Waals surface area (Å²) in [6, 6.07) is 9.91. The topological polar surface area (TPSA) is 104 Å². The van der Waals surface area contributed by atoms with E-state index in [-0.39, 0.29) is 29.8 Å². The number of piperidine rings is 1. The standard InChI is InChI=1S/C27H36N4O4S2/c1-6-37(34,35)30-13-11-20(12-14-30)18(3)31-19(4)25(21-9-7-8-10-23(21)31)27(33)28-16-22-24(36-5)15-17(2)29-26(22)32/h7-10,15,18,20H,6,11-14,16H2,1-5H3,(H,28,33)(H,29,32). The van der Waals surface area contributed by atoms with Crippen LogP contribution in [0.15, 0.2) is 40.0 Å². The van der Waals surface area contributed by atoms with Gasteiger partial charge in [-0.1, -0.05) is 18.2 Å². The number of hydrogen-bond donors (Lipinski definition) is 2. The number of aryl methyl sites for hydroxylation is 1. The number of rotatable bonds is 8. The maximum Gasteiger partial charge on any atom is 0.254 e. The number of pyridine rings is 1. The van der Waals surface area contributed by atoms with Gasteiger partial charge in [-0.05, 0) is 64.8 Å². The quantitative estimate of drug-likeness (QED) is 0.413. The van der Waals surface area contributed by atoms with Crippen LogP contribution < -0.4 is 10.9 Å². The molecule has 1 aliphatic heterocycles. The van der Waals surface area contributed by atoms with Crippen molar-refractivity contribution in [3.8, 4) is 0 Å². The minimum Gasteiger partial charge on any atom is -0.348 e. The van der Waals surface area contributed by atoms with Crippen molar-refractivity contribution in [2.24, 2.45) is 5.92 Å². The summed E-state index contributed by atoms with van der Waals surface area (Å²) in [5.74, 6) is 0.208. The molecule has 0 saturated carbocycles. The lowest BCUT2D eigenvalue weighted by Gasteiger charge is -2.35. The number of nitrogens with zero attached hydrogens (tertiary/aromatic N) is 2. The lowest BCUT2D eigenvalue weighted by Crippen LogP contribution is -2.40.